The molecule has 16 heteroatoms. The van der Waals surface area contributed by atoms with Crippen LogP contribution in [-0.2, 0) is 30.2 Å². The van der Waals surface area contributed by atoms with E-state index in [1.807, 2.05) is 30.3 Å². The largest absolute Gasteiger partial charge is 0.444 e. The summed E-state index contributed by atoms with van der Waals surface area (Å²) < 4.78 is 29.2. The predicted molar refractivity (Wildman–Crippen MR) is 205 cm³/mol. The van der Waals surface area contributed by atoms with Gasteiger partial charge in [-0.1, -0.05) is 49.6 Å². The van der Waals surface area contributed by atoms with Gasteiger partial charge in [0.1, 0.15) is 59.5 Å². The van der Waals surface area contributed by atoms with Crippen molar-refractivity contribution in [1.29, 1.82) is 0 Å². The number of hydrogen-bond donors (Lipinski definition) is 7. The van der Waals surface area contributed by atoms with Crippen molar-refractivity contribution in [2.75, 3.05) is 6.54 Å². The Morgan fingerprint density at radius 1 is 0.696 bits per heavy atom. The van der Waals surface area contributed by atoms with E-state index in [-0.39, 0.29) is 19.0 Å². The molecule has 318 valence electrons. The molecule has 1 saturated heterocycles. The molecule has 3 fully saturated rings. The van der Waals surface area contributed by atoms with Crippen molar-refractivity contribution in [3.8, 4) is 0 Å². The lowest BCUT2D eigenvalue weighted by Crippen LogP contribution is -2.70. The van der Waals surface area contributed by atoms with Crippen molar-refractivity contribution in [2.24, 2.45) is 0 Å². The number of amides is 3. The van der Waals surface area contributed by atoms with Crippen LogP contribution < -0.4 is 16.0 Å². The third-order valence-electron chi connectivity index (χ3n) is 9.82. The van der Waals surface area contributed by atoms with E-state index in [1.165, 1.54) is 0 Å². The Kier molecular flexibility index (Phi) is 15.4. The van der Waals surface area contributed by atoms with Crippen molar-refractivity contribution < 1.29 is 58.5 Å². The second-order valence-corrected chi connectivity index (χ2v) is 18.2. The molecule has 0 spiro atoms. The van der Waals surface area contributed by atoms with Gasteiger partial charge in [0.05, 0.1) is 12.1 Å². The van der Waals surface area contributed by atoms with Crippen LogP contribution in [0.5, 0.6) is 0 Å². The topological polar surface area (TPSA) is 218 Å². The van der Waals surface area contributed by atoms with Gasteiger partial charge >= 0.3 is 18.3 Å². The molecule has 3 amide bonds. The summed E-state index contributed by atoms with van der Waals surface area (Å²) in [5.41, 5.74) is -1.60. The number of nitrogens with zero attached hydrogens (tertiary/aromatic N) is 1. The van der Waals surface area contributed by atoms with Gasteiger partial charge in [0, 0.05) is 19.1 Å². The third-order valence-corrected chi connectivity index (χ3v) is 9.82. The summed E-state index contributed by atoms with van der Waals surface area (Å²) in [5.74, 6) is 0. The Labute approximate surface area is 330 Å². The second kappa shape index (κ2) is 19.0. The summed E-state index contributed by atoms with van der Waals surface area (Å²) in [6.45, 7) is 15.8. The summed E-state index contributed by atoms with van der Waals surface area (Å²) in [6, 6.07) is 6.43. The second-order valence-electron chi connectivity index (χ2n) is 18.2. The van der Waals surface area contributed by atoms with Gasteiger partial charge in [0.25, 0.3) is 0 Å². The van der Waals surface area contributed by atoms with Crippen LogP contribution >= 0.6 is 0 Å². The third kappa shape index (κ3) is 13.7. The molecule has 56 heavy (non-hydrogen) atoms. The van der Waals surface area contributed by atoms with E-state index in [0.29, 0.717) is 6.54 Å². The predicted octanol–water partition coefficient (Wildman–Crippen LogP) is 3.46. The average molecular weight is 795 g/mol. The number of carbonyl (C=O) groups is 3. The molecule has 4 rings (SSSR count). The van der Waals surface area contributed by atoms with Crippen LogP contribution in [0.1, 0.15) is 106 Å². The van der Waals surface area contributed by atoms with E-state index in [2.05, 4.69) is 20.9 Å². The van der Waals surface area contributed by atoms with Crippen LogP contribution in [0.25, 0.3) is 0 Å². The normalized spacial score (nSPS) is 30.6. The highest BCUT2D eigenvalue weighted by molar-refractivity contribution is 5.69. The average Bonchev–Trinajstić information content (AvgIpc) is 3.07. The van der Waals surface area contributed by atoms with Crippen LogP contribution in [0, 0.1) is 0 Å². The lowest BCUT2D eigenvalue weighted by molar-refractivity contribution is -0.296. The van der Waals surface area contributed by atoms with Crippen molar-refractivity contribution >= 4 is 18.3 Å². The molecule has 0 radical (unpaired) electrons. The van der Waals surface area contributed by atoms with Crippen molar-refractivity contribution in [3.05, 3.63) is 35.9 Å². The first kappa shape index (κ1) is 45.5. The minimum absolute atomic E-state index is 0.153. The number of carbonyl (C=O) groups excluding carboxylic acids is 3. The molecule has 0 bridgehead atoms. The van der Waals surface area contributed by atoms with Gasteiger partial charge in [0.15, 0.2) is 6.29 Å². The SMILES string of the molecule is CC(C)(C)OC(=O)N[C@H]1[C@@H](O[C@H]2[C@H](O)[C@@H](O)[C@H](NC(=O)OC(C)(C)C)C[C@@H]2NC(=O)OC(C)(C)C)O[C@H](CN(Cc2ccccc2)C2CCCCC2)[C@@H](O)[C@@H]1O. The molecule has 10 atom stereocenters. The molecule has 16 nitrogen and oxygen atoms in total. The van der Waals surface area contributed by atoms with E-state index in [9.17, 15) is 34.8 Å². The summed E-state index contributed by atoms with van der Waals surface area (Å²) in [4.78, 5) is 41.3. The number of rotatable bonds is 10. The van der Waals surface area contributed by atoms with Crippen molar-refractivity contribution in [2.45, 2.75) is 191 Å². The zero-order valence-corrected chi connectivity index (χ0v) is 34.4. The van der Waals surface area contributed by atoms with Crippen LogP contribution in [0.2, 0.25) is 0 Å². The fourth-order valence-corrected chi connectivity index (χ4v) is 7.38. The number of alkyl carbamates (subject to hydrolysis) is 3. The van der Waals surface area contributed by atoms with Crippen LogP contribution in [0.4, 0.5) is 14.4 Å². The molecule has 7 N–H and O–H groups in total. The number of ether oxygens (including phenoxy) is 5. The summed E-state index contributed by atoms with van der Waals surface area (Å²) in [5, 5.41) is 54.1. The molecule has 3 aliphatic rings. The molecule has 2 aliphatic carbocycles. The Balaban J connectivity index is 1.67. The molecule has 1 heterocycles. The van der Waals surface area contributed by atoms with Gasteiger partial charge in [-0.05, 0) is 87.1 Å². The highest BCUT2D eigenvalue weighted by atomic mass is 16.7. The molecule has 0 unspecified atom stereocenters. The fraction of sp³-hybridized carbons (Fsp3) is 0.775. The zero-order valence-electron chi connectivity index (χ0n) is 34.4. The van der Waals surface area contributed by atoms with Gasteiger partial charge in [0.2, 0.25) is 0 Å². The summed E-state index contributed by atoms with van der Waals surface area (Å²) >= 11 is 0. The number of aliphatic hydroxyl groups excluding tert-OH is 4. The first-order valence-electron chi connectivity index (χ1n) is 19.8. The Bertz CT molecular complexity index is 1420. The summed E-state index contributed by atoms with van der Waals surface area (Å²) in [7, 11) is 0. The highest BCUT2D eigenvalue weighted by Gasteiger charge is 2.52. The maximum atomic E-state index is 13.2. The first-order valence-corrected chi connectivity index (χ1v) is 19.8. The minimum atomic E-state index is -1.76. The first-order chi connectivity index (χ1) is 26.0. The lowest BCUT2D eigenvalue weighted by atomic mass is 9.83. The van der Waals surface area contributed by atoms with E-state index >= 15 is 0 Å². The van der Waals surface area contributed by atoms with Crippen LogP contribution in [-0.4, -0.2) is 134 Å². The number of hydrogen-bond acceptors (Lipinski definition) is 13. The van der Waals surface area contributed by atoms with Crippen molar-refractivity contribution in [3.63, 3.8) is 0 Å². The Morgan fingerprint density at radius 3 is 1.75 bits per heavy atom. The van der Waals surface area contributed by atoms with Gasteiger partial charge in [-0.3, -0.25) is 4.90 Å². The maximum Gasteiger partial charge on any atom is 0.408 e. The Hall–Kier alpha value is -3.25. The minimum Gasteiger partial charge on any atom is -0.444 e. The Morgan fingerprint density at radius 2 is 1.21 bits per heavy atom. The van der Waals surface area contributed by atoms with E-state index in [1.54, 1.807) is 62.3 Å². The van der Waals surface area contributed by atoms with Gasteiger partial charge < -0.3 is 60.1 Å². The molecule has 2 saturated carbocycles. The highest BCUT2D eigenvalue weighted by Crippen LogP contribution is 2.32. The number of aliphatic hydroxyl groups is 4. The van der Waals surface area contributed by atoms with E-state index in [4.69, 9.17) is 23.7 Å². The molecular formula is C40H66N4O12. The zero-order chi connectivity index (χ0) is 41.6. The van der Waals surface area contributed by atoms with Crippen LogP contribution in [0.15, 0.2) is 30.3 Å². The van der Waals surface area contributed by atoms with Crippen molar-refractivity contribution in [1.82, 2.24) is 20.9 Å². The van der Waals surface area contributed by atoms with Gasteiger partial charge in [-0.25, -0.2) is 14.4 Å². The maximum absolute atomic E-state index is 13.2. The summed E-state index contributed by atoms with van der Waals surface area (Å²) in [6.07, 6.45) is -8.18. The van der Waals surface area contributed by atoms with E-state index < -0.39 is 96.1 Å². The molecule has 0 aromatic heterocycles. The standard InChI is InChI=1S/C40H66N4O12/c1-38(2,3)54-35(49)41-25-20-26(42-36(50)55-39(4,5)6)33(32(48)29(25)45)53-34-28(43-37(51)56-40(7,8)9)31(47)30(46)27(52-34)22-44(24-18-14-11-15-19-24)21-23-16-12-10-13-17-23/h10,12-13,16-17,24-34,45-48H,11,14-15,18-22H2,1-9H3,(H,41,49)(H,42,50)(H,43,51)/t25-,26+,27-,28-,29+,30-,31-,32-,33-,34-/m1/s1. The lowest BCUT2D eigenvalue weighted by Gasteiger charge is -2.48. The molecular weight excluding hydrogens is 728 g/mol. The molecule has 1 aromatic rings. The van der Waals surface area contributed by atoms with E-state index in [0.717, 1.165) is 37.7 Å². The van der Waals surface area contributed by atoms with Gasteiger partial charge in [-0.15, -0.1) is 0 Å². The molecule has 1 aliphatic heterocycles. The van der Waals surface area contributed by atoms with Crippen LogP contribution in [0.3, 0.4) is 0 Å². The molecule has 1 aromatic carbocycles. The monoisotopic (exact) mass is 794 g/mol. The van der Waals surface area contributed by atoms with Gasteiger partial charge in [-0.2, -0.15) is 0 Å². The fourth-order valence-electron chi connectivity index (χ4n) is 7.38. The smallest absolute Gasteiger partial charge is 0.408 e. The number of nitrogens with one attached hydrogen (secondary N) is 3. The quantitative estimate of drug-likeness (QED) is 0.169. The number of benzene rings is 1.